The van der Waals surface area contributed by atoms with Crippen molar-refractivity contribution in [2.24, 2.45) is 5.92 Å². The largest absolute Gasteiger partial charge is 0.341 e. The molecule has 1 aromatic carbocycles. The number of amides is 1. The van der Waals surface area contributed by atoms with Gasteiger partial charge in [0.05, 0.1) is 16.8 Å². The molecule has 142 valence electrons. The molecular formula is C24H24N2OS. The SMILES string of the molecule is CN(CC1CCC1)C(=O)c1c2c(nc3ccccc13)/C(=C\c1cccs1)CC2. The molecule has 3 nitrogen and oxygen atoms in total. The molecule has 2 aromatic heterocycles. The van der Waals surface area contributed by atoms with E-state index >= 15 is 0 Å². The Balaban J connectivity index is 1.61. The predicted octanol–water partition coefficient (Wildman–Crippen LogP) is 5.66. The first-order chi connectivity index (χ1) is 13.7. The Hall–Kier alpha value is -2.46. The second-order valence-electron chi connectivity index (χ2n) is 8.00. The lowest BCUT2D eigenvalue weighted by atomic mass is 9.85. The van der Waals surface area contributed by atoms with Gasteiger partial charge in [-0.25, -0.2) is 4.98 Å². The number of benzene rings is 1. The van der Waals surface area contributed by atoms with E-state index in [4.69, 9.17) is 4.98 Å². The Morgan fingerprint density at radius 1 is 1.21 bits per heavy atom. The van der Waals surface area contributed by atoms with Crippen LogP contribution in [-0.4, -0.2) is 29.4 Å². The van der Waals surface area contributed by atoms with Crippen LogP contribution in [0.15, 0.2) is 41.8 Å². The molecular weight excluding hydrogens is 364 g/mol. The lowest BCUT2D eigenvalue weighted by molar-refractivity contribution is 0.0746. The Kier molecular flexibility index (Phi) is 4.52. The number of hydrogen-bond acceptors (Lipinski definition) is 3. The molecule has 2 heterocycles. The smallest absolute Gasteiger partial charge is 0.254 e. The van der Waals surface area contributed by atoms with Gasteiger partial charge in [-0.2, -0.15) is 0 Å². The van der Waals surface area contributed by atoms with E-state index in [2.05, 4.69) is 23.6 Å². The Morgan fingerprint density at radius 2 is 2.07 bits per heavy atom. The van der Waals surface area contributed by atoms with Crippen LogP contribution >= 0.6 is 11.3 Å². The van der Waals surface area contributed by atoms with Crippen molar-refractivity contribution < 1.29 is 4.79 Å². The van der Waals surface area contributed by atoms with Crippen molar-refractivity contribution in [1.82, 2.24) is 9.88 Å². The number of carbonyl (C=O) groups excluding carboxylic acids is 1. The third-order valence-electron chi connectivity index (χ3n) is 6.12. The quantitative estimate of drug-likeness (QED) is 0.578. The summed E-state index contributed by atoms with van der Waals surface area (Å²) in [6.45, 7) is 0.863. The van der Waals surface area contributed by atoms with Crippen LogP contribution in [0.4, 0.5) is 0 Å². The van der Waals surface area contributed by atoms with Gasteiger partial charge in [0.1, 0.15) is 0 Å². The minimum atomic E-state index is 0.152. The van der Waals surface area contributed by atoms with Crippen molar-refractivity contribution in [3.63, 3.8) is 0 Å². The van der Waals surface area contributed by atoms with Gasteiger partial charge >= 0.3 is 0 Å². The number of nitrogens with zero attached hydrogens (tertiary/aromatic N) is 2. The monoisotopic (exact) mass is 388 g/mol. The van der Waals surface area contributed by atoms with Crippen LogP contribution in [0.2, 0.25) is 0 Å². The molecule has 2 aliphatic rings. The normalized spacial score (nSPS) is 17.7. The number of hydrogen-bond donors (Lipinski definition) is 0. The van der Waals surface area contributed by atoms with Crippen molar-refractivity contribution >= 4 is 39.8 Å². The van der Waals surface area contributed by atoms with E-state index in [1.807, 2.05) is 36.2 Å². The fourth-order valence-electron chi connectivity index (χ4n) is 4.40. The molecule has 0 spiro atoms. The van der Waals surface area contributed by atoms with Crippen molar-refractivity contribution in [1.29, 1.82) is 0 Å². The Morgan fingerprint density at radius 3 is 2.82 bits per heavy atom. The van der Waals surface area contributed by atoms with Gasteiger partial charge in [0.25, 0.3) is 5.91 Å². The molecule has 0 atom stereocenters. The summed E-state index contributed by atoms with van der Waals surface area (Å²) in [5.74, 6) is 0.823. The highest BCUT2D eigenvalue weighted by Gasteiger charge is 2.29. The van der Waals surface area contributed by atoms with Gasteiger partial charge in [0, 0.05) is 23.9 Å². The summed E-state index contributed by atoms with van der Waals surface area (Å²) in [5, 5.41) is 3.09. The van der Waals surface area contributed by atoms with E-state index in [-0.39, 0.29) is 5.91 Å². The number of pyridine rings is 1. The molecule has 28 heavy (non-hydrogen) atoms. The van der Waals surface area contributed by atoms with Gasteiger partial charge in [0.2, 0.25) is 0 Å². The van der Waals surface area contributed by atoms with E-state index in [1.54, 1.807) is 11.3 Å². The van der Waals surface area contributed by atoms with Gasteiger partial charge in [-0.15, -0.1) is 11.3 Å². The summed E-state index contributed by atoms with van der Waals surface area (Å²) >= 11 is 1.74. The van der Waals surface area contributed by atoms with Crippen LogP contribution in [-0.2, 0) is 6.42 Å². The van der Waals surface area contributed by atoms with Crippen LogP contribution in [0.5, 0.6) is 0 Å². The standard InChI is InChI=1S/C24H24N2OS/c1-26(15-16-6-4-7-16)24(27)22-19-9-2-3-10-21(19)25-23-17(11-12-20(22)23)14-18-8-5-13-28-18/h2-3,5,8-10,13-14,16H,4,6-7,11-12,15H2,1H3/b17-14-. The molecule has 0 saturated heterocycles. The molecule has 2 aliphatic carbocycles. The zero-order valence-corrected chi connectivity index (χ0v) is 17.0. The molecule has 1 saturated carbocycles. The predicted molar refractivity (Wildman–Crippen MR) is 117 cm³/mol. The van der Waals surface area contributed by atoms with Gasteiger partial charge < -0.3 is 4.90 Å². The molecule has 0 N–H and O–H groups in total. The first-order valence-corrected chi connectivity index (χ1v) is 11.0. The van der Waals surface area contributed by atoms with E-state index in [9.17, 15) is 4.79 Å². The molecule has 1 amide bonds. The highest BCUT2D eigenvalue weighted by atomic mass is 32.1. The summed E-state index contributed by atoms with van der Waals surface area (Å²) in [4.78, 5) is 21.7. The number of allylic oxidation sites excluding steroid dienone is 1. The maximum absolute atomic E-state index is 13.5. The topological polar surface area (TPSA) is 33.2 Å². The first kappa shape index (κ1) is 17.6. The number of para-hydroxylation sites is 1. The lowest BCUT2D eigenvalue weighted by Crippen LogP contribution is -2.35. The van der Waals surface area contributed by atoms with Gasteiger partial charge in [0.15, 0.2) is 0 Å². The number of rotatable bonds is 4. The second-order valence-corrected chi connectivity index (χ2v) is 8.98. The molecule has 3 aromatic rings. The highest BCUT2D eigenvalue weighted by Crippen LogP contribution is 2.38. The van der Waals surface area contributed by atoms with Crippen molar-refractivity contribution in [3.05, 3.63) is 63.5 Å². The lowest BCUT2D eigenvalue weighted by Gasteiger charge is -2.30. The summed E-state index contributed by atoms with van der Waals surface area (Å²) < 4.78 is 0. The van der Waals surface area contributed by atoms with Crippen LogP contribution in [0, 0.1) is 5.92 Å². The third-order valence-corrected chi connectivity index (χ3v) is 6.94. The molecule has 5 rings (SSSR count). The van der Waals surface area contributed by atoms with Gasteiger partial charge in [-0.05, 0) is 66.3 Å². The summed E-state index contributed by atoms with van der Waals surface area (Å²) in [5.41, 5.74) is 5.19. The average molecular weight is 389 g/mol. The summed E-state index contributed by atoms with van der Waals surface area (Å²) in [6.07, 6.45) is 7.88. The zero-order chi connectivity index (χ0) is 19.1. The number of fused-ring (bicyclic) bond motifs is 2. The minimum absolute atomic E-state index is 0.152. The Bertz CT molecular complexity index is 1060. The molecule has 0 radical (unpaired) electrons. The van der Waals surface area contributed by atoms with Crippen molar-refractivity contribution in [3.8, 4) is 0 Å². The van der Waals surface area contributed by atoms with Crippen molar-refractivity contribution in [2.45, 2.75) is 32.1 Å². The second kappa shape index (κ2) is 7.17. The van der Waals surface area contributed by atoms with E-state index in [1.165, 1.54) is 29.7 Å². The van der Waals surface area contributed by atoms with E-state index < -0.39 is 0 Å². The average Bonchev–Trinajstić information content (AvgIpc) is 3.33. The fourth-order valence-corrected chi connectivity index (χ4v) is 5.09. The van der Waals surface area contributed by atoms with Gasteiger partial charge in [-0.1, -0.05) is 30.7 Å². The van der Waals surface area contributed by atoms with E-state index in [0.29, 0.717) is 5.92 Å². The van der Waals surface area contributed by atoms with Crippen molar-refractivity contribution in [2.75, 3.05) is 13.6 Å². The molecule has 0 unspecified atom stereocenters. The molecule has 4 heteroatoms. The Labute approximate surface area is 169 Å². The fraction of sp³-hybridized carbons (Fsp3) is 0.333. The van der Waals surface area contributed by atoms with Crippen LogP contribution < -0.4 is 0 Å². The highest BCUT2D eigenvalue weighted by molar-refractivity contribution is 7.10. The summed E-state index contributed by atoms with van der Waals surface area (Å²) in [7, 11) is 1.96. The first-order valence-electron chi connectivity index (χ1n) is 10.1. The van der Waals surface area contributed by atoms with Crippen LogP contribution in [0.1, 0.15) is 52.2 Å². The van der Waals surface area contributed by atoms with Crippen LogP contribution in [0.25, 0.3) is 22.6 Å². The number of thiophene rings is 1. The molecule has 0 bridgehead atoms. The maximum Gasteiger partial charge on any atom is 0.254 e. The molecule has 1 fully saturated rings. The van der Waals surface area contributed by atoms with E-state index in [0.717, 1.165) is 47.1 Å². The van der Waals surface area contributed by atoms with Gasteiger partial charge in [-0.3, -0.25) is 4.79 Å². The van der Waals surface area contributed by atoms with Crippen LogP contribution in [0.3, 0.4) is 0 Å². The number of carbonyl (C=O) groups is 1. The molecule has 0 aliphatic heterocycles. The zero-order valence-electron chi connectivity index (χ0n) is 16.1. The summed E-state index contributed by atoms with van der Waals surface area (Å²) in [6, 6.07) is 12.3. The number of aromatic nitrogens is 1. The maximum atomic E-state index is 13.5. The minimum Gasteiger partial charge on any atom is -0.341 e. The third kappa shape index (κ3) is 3.06.